The Hall–Kier alpha value is -0.710. The molecule has 0 unspecified atom stereocenters. The van der Waals surface area contributed by atoms with Crippen LogP contribution in [0, 0.1) is 0 Å². The van der Waals surface area contributed by atoms with Crippen LogP contribution in [0.3, 0.4) is 0 Å². The van der Waals surface area contributed by atoms with Crippen molar-refractivity contribution >= 4 is 29.3 Å². The van der Waals surface area contributed by atoms with Crippen molar-refractivity contribution in [1.29, 1.82) is 0 Å². The number of benzene rings is 1. The third kappa shape index (κ3) is 4.90. The van der Waals surface area contributed by atoms with Crippen molar-refractivity contribution in [2.75, 3.05) is 32.4 Å². The highest BCUT2D eigenvalue weighted by Crippen LogP contribution is 2.22. The predicted molar refractivity (Wildman–Crippen MR) is 90.1 cm³/mol. The van der Waals surface area contributed by atoms with Crippen molar-refractivity contribution in [3.05, 3.63) is 29.3 Å². The van der Waals surface area contributed by atoms with E-state index in [2.05, 4.69) is 11.8 Å². The van der Waals surface area contributed by atoms with E-state index < -0.39 is 0 Å². The molecule has 1 heterocycles. The van der Waals surface area contributed by atoms with E-state index in [1.807, 2.05) is 36.2 Å². The Bertz CT molecular complexity index is 458. The first-order valence-corrected chi connectivity index (χ1v) is 8.83. The molecule has 0 spiro atoms. The Morgan fingerprint density at radius 3 is 2.52 bits per heavy atom. The number of nitrogens with zero attached hydrogens (tertiary/aromatic N) is 2. The second-order valence-corrected chi connectivity index (χ2v) is 6.90. The van der Waals surface area contributed by atoms with Gasteiger partial charge in [-0.1, -0.05) is 18.5 Å². The number of hydrogen-bond acceptors (Lipinski definition) is 3. The number of halogens is 1. The first kappa shape index (κ1) is 16.7. The molecule has 3 nitrogen and oxygen atoms in total. The fraction of sp³-hybridized carbons (Fsp3) is 0.562. The van der Waals surface area contributed by atoms with Crippen LogP contribution in [0.15, 0.2) is 29.2 Å². The van der Waals surface area contributed by atoms with Crippen LogP contribution in [0.1, 0.15) is 19.8 Å². The van der Waals surface area contributed by atoms with E-state index in [1.165, 1.54) is 0 Å². The van der Waals surface area contributed by atoms with E-state index in [0.717, 1.165) is 42.4 Å². The SMILES string of the molecule is CCN1CCC(N(C)C(=O)CSc2ccc(Cl)cc2)CC1. The molecule has 1 aliphatic heterocycles. The van der Waals surface area contributed by atoms with Gasteiger partial charge in [-0.2, -0.15) is 0 Å². The average Bonchev–Trinajstić information content (AvgIpc) is 2.53. The molecule has 1 fully saturated rings. The Morgan fingerprint density at radius 1 is 1.33 bits per heavy atom. The Balaban J connectivity index is 1.78. The van der Waals surface area contributed by atoms with Crippen LogP contribution in [0.5, 0.6) is 0 Å². The van der Waals surface area contributed by atoms with Crippen molar-refractivity contribution in [2.45, 2.75) is 30.7 Å². The number of amides is 1. The average molecular weight is 327 g/mol. The largest absolute Gasteiger partial charge is 0.342 e. The zero-order valence-electron chi connectivity index (χ0n) is 12.7. The summed E-state index contributed by atoms with van der Waals surface area (Å²) in [6, 6.07) is 8.03. The fourth-order valence-electron chi connectivity index (χ4n) is 2.60. The van der Waals surface area contributed by atoms with Crippen molar-refractivity contribution < 1.29 is 4.79 Å². The minimum absolute atomic E-state index is 0.213. The van der Waals surface area contributed by atoms with Crippen LogP contribution in [0.4, 0.5) is 0 Å². The molecule has 1 aliphatic rings. The van der Waals surface area contributed by atoms with Gasteiger partial charge >= 0.3 is 0 Å². The van der Waals surface area contributed by atoms with E-state index in [-0.39, 0.29) is 5.91 Å². The molecule has 0 bridgehead atoms. The van der Waals surface area contributed by atoms with E-state index in [1.54, 1.807) is 11.8 Å². The second-order valence-electron chi connectivity index (χ2n) is 5.41. The molecule has 0 aromatic heterocycles. The van der Waals surface area contributed by atoms with Gasteiger partial charge in [-0.15, -0.1) is 11.8 Å². The van der Waals surface area contributed by atoms with Gasteiger partial charge in [0.25, 0.3) is 0 Å². The molecule has 0 radical (unpaired) electrons. The lowest BCUT2D eigenvalue weighted by Gasteiger charge is -2.36. The molecule has 0 atom stereocenters. The summed E-state index contributed by atoms with van der Waals surface area (Å²) in [7, 11) is 1.94. The standard InChI is InChI=1S/C16H23ClN2OS/c1-3-19-10-8-14(9-11-19)18(2)16(20)12-21-15-6-4-13(17)5-7-15/h4-7,14H,3,8-12H2,1-2H3. The van der Waals surface area contributed by atoms with Crippen LogP contribution in [-0.2, 0) is 4.79 Å². The lowest BCUT2D eigenvalue weighted by atomic mass is 10.0. The van der Waals surface area contributed by atoms with Gasteiger partial charge in [0.15, 0.2) is 0 Å². The van der Waals surface area contributed by atoms with Gasteiger partial charge in [-0.3, -0.25) is 4.79 Å². The number of carbonyl (C=O) groups is 1. The molecule has 0 aliphatic carbocycles. The van der Waals surface area contributed by atoms with Crippen LogP contribution in [0.2, 0.25) is 5.02 Å². The van der Waals surface area contributed by atoms with E-state index in [4.69, 9.17) is 11.6 Å². The van der Waals surface area contributed by atoms with Gasteiger partial charge in [0.1, 0.15) is 0 Å². The van der Waals surface area contributed by atoms with Gasteiger partial charge in [0.05, 0.1) is 5.75 Å². The van der Waals surface area contributed by atoms with E-state index >= 15 is 0 Å². The third-order valence-corrected chi connectivity index (χ3v) is 5.37. The summed E-state index contributed by atoms with van der Waals surface area (Å²) in [5.74, 6) is 0.705. The number of rotatable bonds is 5. The molecular formula is C16H23ClN2OS. The maximum Gasteiger partial charge on any atom is 0.232 e. The first-order chi connectivity index (χ1) is 10.1. The lowest BCUT2D eigenvalue weighted by Crippen LogP contribution is -2.46. The molecule has 21 heavy (non-hydrogen) atoms. The minimum atomic E-state index is 0.213. The van der Waals surface area contributed by atoms with E-state index in [0.29, 0.717) is 11.8 Å². The molecule has 1 amide bonds. The maximum absolute atomic E-state index is 12.3. The highest BCUT2D eigenvalue weighted by Gasteiger charge is 2.24. The monoisotopic (exact) mass is 326 g/mol. The molecule has 2 rings (SSSR count). The van der Waals surface area contributed by atoms with Crippen LogP contribution in [0.25, 0.3) is 0 Å². The first-order valence-electron chi connectivity index (χ1n) is 7.46. The summed E-state index contributed by atoms with van der Waals surface area (Å²) >= 11 is 7.44. The van der Waals surface area contributed by atoms with Crippen molar-refractivity contribution in [3.8, 4) is 0 Å². The van der Waals surface area contributed by atoms with Gasteiger partial charge in [-0.25, -0.2) is 0 Å². The highest BCUT2D eigenvalue weighted by atomic mass is 35.5. The molecule has 116 valence electrons. The molecule has 1 aromatic rings. The number of carbonyl (C=O) groups excluding carboxylic acids is 1. The number of hydrogen-bond donors (Lipinski definition) is 0. The summed E-state index contributed by atoms with van der Waals surface area (Å²) in [6.07, 6.45) is 2.17. The molecular weight excluding hydrogens is 304 g/mol. The summed E-state index contributed by atoms with van der Waals surface area (Å²) in [4.78, 5) is 17.8. The molecule has 5 heteroatoms. The highest BCUT2D eigenvalue weighted by molar-refractivity contribution is 8.00. The minimum Gasteiger partial charge on any atom is -0.342 e. The summed E-state index contributed by atoms with van der Waals surface area (Å²) in [5.41, 5.74) is 0. The molecule has 1 aromatic carbocycles. The number of thioether (sulfide) groups is 1. The topological polar surface area (TPSA) is 23.6 Å². The van der Waals surface area contributed by atoms with Crippen LogP contribution >= 0.6 is 23.4 Å². The van der Waals surface area contributed by atoms with Gasteiger partial charge in [0.2, 0.25) is 5.91 Å². The Morgan fingerprint density at radius 2 is 1.95 bits per heavy atom. The molecule has 1 saturated heterocycles. The lowest BCUT2D eigenvalue weighted by molar-refractivity contribution is -0.129. The molecule has 0 saturated carbocycles. The summed E-state index contributed by atoms with van der Waals surface area (Å²) in [5, 5.41) is 0.727. The zero-order chi connectivity index (χ0) is 15.2. The van der Waals surface area contributed by atoms with Crippen molar-refractivity contribution in [1.82, 2.24) is 9.80 Å². The normalized spacial score (nSPS) is 16.9. The quantitative estimate of drug-likeness (QED) is 0.775. The van der Waals surface area contributed by atoms with Crippen molar-refractivity contribution in [2.24, 2.45) is 0 Å². The van der Waals surface area contributed by atoms with Crippen molar-refractivity contribution in [3.63, 3.8) is 0 Å². The smallest absolute Gasteiger partial charge is 0.232 e. The molecule has 0 N–H and O–H groups in total. The van der Waals surface area contributed by atoms with Crippen LogP contribution < -0.4 is 0 Å². The maximum atomic E-state index is 12.3. The predicted octanol–water partition coefficient (Wildman–Crippen LogP) is 3.37. The second kappa shape index (κ2) is 8.06. The number of piperidine rings is 1. The van der Waals surface area contributed by atoms with Crippen LogP contribution in [-0.4, -0.2) is 54.2 Å². The zero-order valence-corrected chi connectivity index (χ0v) is 14.3. The van der Waals surface area contributed by atoms with Gasteiger partial charge in [0, 0.05) is 36.1 Å². The third-order valence-electron chi connectivity index (χ3n) is 4.12. The van der Waals surface area contributed by atoms with Gasteiger partial charge < -0.3 is 9.80 Å². The van der Waals surface area contributed by atoms with E-state index in [9.17, 15) is 4.79 Å². The van der Waals surface area contributed by atoms with Gasteiger partial charge in [-0.05, 0) is 43.7 Å². The summed E-state index contributed by atoms with van der Waals surface area (Å²) < 4.78 is 0. The Kier molecular flexibility index (Phi) is 6.40. The summed E-state index contributed by atoms with van der Waals surface area (Å²) in [6.45, 7) is 5.50. The fourth-order valence-corrected chi connectivity index (χ4v) is 3.55. The Labute approximate surface area is 136 Å². The number of likely N-dealkylation sites (tertiary alicyclic amines) is 1.